The largest absolute Gasteiger partial charge is 0.489 e. The first-order valence-electron chi connectivity index (χ1n) is 7.47. The van der Waals surface area contributed by atoms with Crippen molar-refractivity contribution in [2.75, 3.05) is 0 Å². The molecule has 1 aromatic heterocycles. The summed E-state index contributed by atoms with van der Waals surface area (Å²) >= 11 is 0. The number of aromatic nitrogens is 1. The summed E-state index contributed by atoms with van der Waals surface area (Å²) in [5.41, 5.74) is 7.72. The molecule has 0 bridgehead atoms. The molecule has 3 N–H and O–H groups in total. The Labute approximate surface area is 139 Å². The van der Waals surface area contributed by atoms with E-state index in [1.807, 2.05) is 54.6 Å². The highest BCUT2D eigenvalue weighted by molar-refractivity contribution is 5.71. The van der Waals surface area contributed by atoms with Crippen LogP contribution in [0.1, 0.15) is 11.3 Å². The molecular weight excluding hydrogens is 306 g/mol. The van der Waals surface area contributed by atoms with Crippen molar-refractivity contribution in [2.45, 2.75) is 13.2 Å². The van der Waals surface area contributed by atoms with Gasteiger partial charge in [-0.2, -0.15) is 0 Å². The normalized spacial score (nSPS) is 10.3. The van der Waals surface area contributed by atoms with Crippen LogP contribution in [0, 0.1) is 0 Å². The lowest BCUT2D eigenvalue weighted by Crippen LogP contribution is -2.28. The van der Waals surface area contributed by atoms with Crippen molar-refractivity contribution in [1.29, 1.82) is 0 Å². The first kappa shape index (κ1) is 15.6. The topological polar surface area (TPSA) is 90.4 Å². The van der Waals surface area contributed by atoms with Gasteiger partial charge in [0, 0.05) is 11.6 Å². The van der Waals surface area contributed by atoms with Crippen LogP contribution in [0.4, 0.5) is 4.79 Å². The van der Waals surface area contributed by atoms with Crippen LogP contribution in [0.15, 0.2) is 65.2 Å². The number of nitrogens with zero attached hydrogens (tertiary/aromatic N) is 1. The molecule has 0 saturated carbocycles. The predicted molar refractivity (Wildman–Crippen MR) is 89.1 cm³/mol. The van der Waals surface area contributed by atoms with Crippen molar-refractivity contribution in [1.82, 2.24) is 10.5 Å². The first-order valence-corrected chi connectivity index (χ1v) is 7.47. The van der Waals surface area contributed by atoms with Gasteiger partial charge in [0.05, 0.1) is 6.54 Å². The van der Waals surface area contributed by atoms with E-state index in [9.17, 15) is 4.79 Å². The summed E-state index contributed by atoms with van der Waals surface area (Å²) in [5.74, 6) is 1.31. The smallest absolute Gasteiger partial charge is 0.312 e. The van der Waals surface area contributed by atoms with Crippen LogP contribution < -0.4 is 15.8 Å². The molecular formula is C18H17N3O3. The lowest BCUT2D eigenvalue weighted by atomic mass is 10.1. The van der Waals surface area contributed by atoms with Gasteiger partial charge in [0.15, 0.2) is 5.76 Å². The molecule has 0 aliphatic rings. The molecule has 0 saturated heterocycles. The fourth-order valence-corrected chi connectivity index (χ4v) is 2.17. The number of urea groups is 1. The zero-order valence-corrected chi connectivity index (χ0v) is 12.9. The molecule has 6 nitrogen and oxygen atoms in total. The molecule has 1 heterocycles. The van der Waals surface area contributed by atoms with Crippen molar-refractivity contribution in [3.8, 4) is 17.0 Å². The Morgan fingerprint density at radius 1 is 1.12 bits per heavy atom. The minimum Gasteiger partial charge on any atom is -0.489 e. The van der Waals surface area contributed by atoms with Gasteiger partial charge in [-0.05, 0) is 29.8 Å². The molecule has 0 radical (unpaired) electrons. The molecule has 24 heavy (non-hydrogen) atoms. The molecule has 2 amide bonds. The Morgan fingerprint density at radius 3 is 2.58 bits per heavy atom. The highest BCUT2D eigenvalue weighted by Gasteiger charge is 2.07. The number of nitrogens with one attached hydrogen (secondary N) is 1. The second-order valence-corrected chi connectivity index (χ2v) is 5.19. The van der Waals surface area contributed by atoms with Crippen molar-refractivity contribution in [3.05, 3.63) is 72.0 Å². The average molecular weight is 323 g/mol. The second-order valence-electron chi connectivity index (χ2n) is 5.19. The van der Waals surface area contributed by atoms with Gasteiger partial charge >= 0.3 is 6.03 Å². The zero-order chi connectivity index (χ0) is 16.8. The van der Waals surface area contributed by atoms with Crippen LogP contribution in [-0.4, -0.2) is 11.2 Å². The molecule has 122 valence electrons. The number of primary amides is 1. The van der Waals surface area contributed by atoms with E-state index in [0.29, 0.717) is 18.1 Å². The van der Waals surface area contributed by atoms with Crippen molar-refractivity contribution < 1.29 is 14.1 Å². The van der Waals surface area contributed by atoms with E-state index in [1.165, 1.54) is 0 Å². The van der Waals surface area contributed by atoms with E-state index in [-0.39, 0.29) is 6.54 Å². The highest BCUT2D eigenvalue weighted by Crippen LogP contribution is 2.22. The van der Waals surface area contributed by atoms with E-state index >= 15 is 0 Å². The quantitative estimate of drug-likeness (QED) is 0.729. The summed E-state index contributed by atoms with van der Waals surface area (Å²) in [5, 5.41) is 6.43. The molecule has 3 rings (SSSR count). The zero-order valence-electron chi connectivity index (χ0n) is 12.9. The fraction of sp³-hybridized carbons (Fsp3) is 0.111. The van der Waals surface area contributed by atoms with Gasteiger partial charge in [0.2, 0.25) is 0 Å². The molecule has 3 aromatic rings. The number of rotatable bonds is 6. The molecule has 0 unspecified atom stereocenters. The molecule has 0 atom stereocenters. The summed E-state index contributed by atoms with van der Waals surface area (Å²) in [6, 6.07) is 18.7. The molecule has 0 spiro atoms. The first-order chi connectivity index (χ1) is 11.7. The molecule has 2 aromatic carbocycles. The van der Waals surface area contributed by atoms with Crippen molar-refractivity contribution in [3.63, 3.8) is 0 Å². The van der Waals surface area contributed by atoms with Crippen LogP contribution >= 0.6 is 0 Å². The molecule has 0 fully saturated rings. The Morgan fingerprint density at radius 2 is 1.88 bits per heavy atom. The van der Waals surface area contributed by atoms with Gasteiger partial charge in [-0.15, -0.1) is 0 Å². The van der Waals surface area contributed by atoms with E-state index in [1.54, 1.807) is 6.07 Å². The maximum absolute atomic E-state index is 10.7. The SMILES string of the molecule is NC(=O)NCc1cc(-c2ccc(OCc3ccccc3)cc2)no1. The van der Waals surface area contributed by atoms with Crippen LogP contribution in [-0.2, 0) is 13.2 Å². The summed E-state index contributed by atoms with van der Waals surface area (Å²) in [7, 11) is 0. The summed E-state index contributed by atoms with van der Waals surface area (Å²) in [6.45, 7) is 0.730. The Balaban J connectivity index is 1.61. The number of hydrogen-bond acceptors (Lipinski definition) is 4. The lowest BCUT2D eigenvalue weighted by molar-refractivity contribution is 0.247. The number of ether oxygens (including phenoxy) is 1. The fourth-order valence-electron chi connectivity index (χ4n) is 2.17. The second kappa shape index (κ2) is 7.32. The van der Waals surface area contributed by atoms with Gasteiger partial charge in [0.1, 0.15) is 18.1 Å². The van der Waals surface area contributed by atoms with E-state index < -0.39 is 6.03 Å². The minimum atomic E-state index is -0.604. The highest BCUT2D eigenvalue weighted by atomic mass is 16.5. The summed E-state index contributed by atoms with van der Waals surface area (Å²) < 4.78 is 10.9. The molecule has 0 aliphatic heterocycles. The minimum absolute atomic E-state index is 0.209. The maximum Gasteiger partial charge on any atom is 0.312 e. The van der Waals surface area contributed by atoms with Crippen molar-refractivity contribution in [2.24, 2.45) is 5.73 Å². The Kier molecular flexibility index (Phi) is 4.76. The number of amides is 2. The number of carbonyl (C=O) groups is 1. The summed E-state index contributed by atoms with van der Waals surface area (Å²) in [4.78, 5) is 10.7. The van der Waals surface area contributed by atoms with Crippen molar-refractivity contribution >= 4 is 6.03 Å². The van der Waals surface area contributed by atoms with Gasteiger partial charge in [-0.1, -0.05) is 35.5 Å². The third kappa shape index (κ3) is 4.13. The average Bonchev–Trinajstić information content (AvgIpc) is 3.08. The van der Waals surface area contributed by atoms with E-state index in [0.717, 1.165) is 16.9 Å². The number of nitrogens with two attached hydrogens (primary N) is 1. The van der Waals surface area contributed by atoms with Crippen LogP contribution in [0.5, 0.6) is 5.75 Å². The number of carbonyl (C=O) groups excluding carboxylic acids is 1. The number of hydrogen-bond donors (Lipinski definition) is 2. The Bertz CT molecular complexity index is 798. The predicted octanol–water partition coefficient (Wildman–Crippen LogP) is 3.09. The third-order valence-corrected chi connectivity index (χ3v) is 3.39. The van der Waals surface area contributed by atoms with Crippen LogP contribution in [0.25, 0.3) is 11.3 Å². The molecule has 0 aliphatic carbocycles. The monoisotopic (exact) mass is 323 g/mol. The van der Waals surface area contributed by atoms with E-state index in [4.69, 9.17) is 15.0 Å². The van der Waals surface area contributed by atoms with E-state index in [2.05, 4.69) is 10.5 Å². The van der Waals surface area contributed by atoms with Gasteiger partial charge in [-0.25, -0.2) is 4.79 Å². The number of benzene rings is 2. The lowest BCUT2D eigenvalue weighted by Gasteiger charge is -2.06. The van der Waals surface area contributed by atoms with Crippen LogP contribution in [0.2, 0.25) is 0 Å². The standard InChI is InChI=1S/C18H17N3O3/c19-18(22)20-11-16-10-17(21-24-16)14-6-8-15(9-7-14)23-12-13-4-2-1-3-5-13/h1-10H,11-12H2,(H3,19,20,22). The summed E-state index contributed by atoms with van der Waals surface area (Å²) in [6.07, 6.45) is 0. The maximum atomic E-state index is 10.7. The van der Waals surface area contributed by atoms with Gasteiger partial charge < -0.3 is 20.3 Å². The van der Waals surface area contributed by atoms with Gasteiger partial charge in [-0.3, -0.25) is 0 Å². The van der Waals surface area contributed by atoms with Crippen LogP contribution in [0.3, 0.4) is 0 Å². The third-order valence-electron chi connectivity index (χ3n) is 3.39. The van der Waals surface area contributed by atoms with Gasteiger partial charge in [0.25, 0.3) is 0 Å². The molecule has 6 heteroatoms. The Hall–Kier alpha value is -3.28.